The Morgan fingerprint density at radius 1 is 1.44 bits per heavy atom. The van der Waals surface area contributed by atoms with E-state index in [-0.39, 0.29) is 5.95 Å². The Kier molecular flexibility index (Phi) is 3.14. The van der Waals surface area contributed by atoms with Crippen LogP contribution in [0.3, 0.4) is 0 Å². The molecule has 0 aliphatic carbocycles. The quantitative estimate of drug-likeness (QED) is 0.919. The number of hydrogen-bond donors (Lipinski definition) is 1. The van der Waals surface area contributed by atoms with Crippen molar-refractivity contribution in [3.05, 3.63) is 22.8 Å². The maximum Gasteiger partial charge on any atom is 0.240 e. The van der Waals surface area contributed by atoms with Crippen LogP contribution in [0.2, 0.25) is 0 Å². The van der Waals surface area contributed by atoms with Gasteiger partial charge in [0.1, 0.15) is 6.33 Å². The second-order valence-electron chi connectivity index (χ2n) is 3.27. The molecule has 84 valence electrons. The van der Waals surface area contributed by atoms with Gasteiger partial charge in [0, 0.05) is 11.8 Å². The van der Waals surface area contributed by atoms with E-state index < -0.39 is 0 Å². The van der Waals surface area contributed by atoms with Gasteiger partial charge in [-0.2, -0.15) is 9.67 Å². The first-order chi connectivity index (χ1) is 7.70. The van der Waals surface area contributed by atoms with E-state index in [9.17, 15) is 0 Å². The molecular weight excluding hydrogens is 272 g/mol. The zero-order chi connectivity index (χ0) is 11.5. The van der Waals surface area contributed by atoms with Gasteiger partial charge in [-0.15, -0.1) is 5.10 Å². The Morgan fingerprint density at radius 3 is 2.88 bits per heavy atom. The minimum Gasteiger partial charge on any atom is -0.366 e. The van der Waals surface area contributed by atoms with E-state index in [1.165, 1.54) is 11.0 Å². The Labute approximate surface area is 101 Å². The summed E-state index contributed by atoms with van der Waals surface area (Å²) >= 11 is 3.27. The van der Waals surface area contributed by atoms with Gasteiger partial charge in [-0.1, -0.05) is 13.3 Å². The van der Waals surface area contributed by atoms with E-state index in [1.807, 2.05) is 6.07 Å². The van der Waals surface area contributed by atoms with Gasteiger partial charge in [0.15, 0.2) is 5.82 Å². The first kappa shape index (κ1) is 11.0. The molecule has 0 aliphatic heterocycles. The van der Waals surface area contributed by atoms with Gasteiger partial charge in [-0.05, 0) is 22.4 Å². The fourth-order valence-electron chi connectivity index (χ4n) is 1.35. The van der Waals surface area contributed by atoms with Crippen LogP contribution in [0.15, 0.2) is 17.1 Å². The average Bonchev–Trinajstić information content (AvgIpc) is 2.59. The molecule has 2 rings (SSSR count). The Bertz CT molecular complexity index is 494. The number of hydrogen-bond acceptors (Lipinski definition) is 5. The third-order valence-corrected chi connectivity index (χ3v) is 2.53. The molecule has 0 aromatic carbocycles. The van der Waals surface area contributed by atoms with Crippen molar-refractivity contribution < 1.29 is 0 Å². The molecule has 0 unspecified atom stereocenters. The molecule has 0 fully saturated rings. The molecule has 0 amide bonds. The second-order valence-corrected chi connectivity index (χ2v) is 3.98. The molecule has 7 heteroatoms. The number of aryl methyl sites for hydroxylation is 1. The van der Waals surface area contributed by atoms with Gasteiger partial charge in [0.25, 0.3) is 0 Å². The number of aromatic nitrogens is 5. The predicted molar refractivity (Wildman–Crippen MR) is 63.1 cm³/mol. The highest BCUT2D eigenvalue weighted by molar-refractivity contribution is 9.10. The van der Waals surface area contributed by atoms with Crippen molar-refractivity contribution in [2.45, 2.75) is 19.8 Å². The van der Waals surface area contributed by atoms with Crippen molar-refractivity contribution in [3.63, 3.8) is 0 Å². The Balaban J connectivity index is 2.40. The fraction of sp³-hybridized carbons (Fsp3) is 0.333. The highest BCUT2D eigenvalue weighted by Crippen LogP contribution is 2.14. The third kappa shape index (κ3) is 2.19. The summed E-state index contributed by atoms with van der Waals surface area (Å²) in [7, 11) is 0. The molecule has 2 aromatic rings. The molecule has 0 spiro atoms. The molecule has 0 radical (unpaired) electrons. The van der Waals surface area contributed by atoms with Crippen molar-refractivity contribution >= 4 is 21.9 Å². The van der Waals surface area contributed by atoms with Gasteiger partial charge >= 0.3 is 0 Å². The van der Waals surface area contributed by atoms with Crippen LogP contribution in [-0.4, -0.2) is 24.7 Å². The van der Waals surface area contributed by atoms with Crippen LogP contribution in [0.5, 0.6) is 0 Å². The van der Waals surface area contributed by atoms with E-state index in [4.69, 9.17) is 5.73 Å². The lowest BCUT2D eigenvalue weighted by Crippen LogP contribution is -2.03. The zero-order valence-electron chi connectivity index (χ0n) is 8.76. The van der Waals surface area contributed by atoms with E-state index in [0.717, 1.165) is 18.5 Å². The number of nitrogens with zero attached hydrogens (tertiary/aromatic N) is 5. The maximum atomic E-state index is 5.50. The first-order valence-corrected chi connectivity index (χ1v) is 5.69. The zero-order valence-corrected chi connectivity index (χ0v) is 10.3. The van der Waals surface area contributed by atoms with E-state index in [2.05, 4.69) is 42.9 Å². The number of nitrogen functional groups attached to an aromatic ring is 1. The van der Waals surface area contributed by atoms with Crippen LogP contribution in [0.4, 0.5) is 5.95 Å². The fourth-order valence-corrected chi connectivity index (χ4v) is 1.79. The molecule has 0 saturated carbocycles. The monoisotopic (exact) mass is 282 g/mol. The molecule has 0 saturated heterocycles. The summed E-state index contributed by atoms with van der Waals surface area (Å²) in [4.78, 5) is 12.3. The summed E-state index contributed by atoms with van der Waals surface area (Å²) in [5.41, 5.74) is 6.48. The lowest BCUT2D eigenvalue weighted by atomic mass is 10.2. The van der Waals surface area contributed by atoms with E-state index in [1.54, 1.807) is 0 Å². The molecule has 6 nitrogen and oxygen atoms in total. The normalized spacial score (nSPS) is 10.6. The molecule has 0 aliphatic rings. The van der Waals surface area contributed by atoms with Crippen molar-refractivity contribution in [2.24, 2.45) is 0 Å². The summed E-state index contributed by atoms with van der Waals surface area (Å²) in [5, 5.41) is 4.03. The van der Waals surface area contributed by atoms with Crippen molar-refractivity contribution in [1.29, 1.82) is 0 Å². The molecule has 0 bridgehead atoms. The van der Waals surface area contributed by atoms with Crippen molar-refractivity contribution in [2.75, 3.05) is 5.73 Å². The average molecular weight is 283 g/mol. The minimum absolute atomic E-state index is 0.211. The predicted octanol–water partition coefficient (Wildman–Crippen LogP) is 1.35. The van der Waals surface area contributed by atoms with Crippen LogP contribution < -0.4 is 5.73 Å². The number of rotatable bonds is 3. The second kappa shape index (κ2) is 4.56. The lowest BCUT2D eigenvalue weighted by Gasteiger charge is -2.02. The summed E-state index contributed by atoms with van der Waals surface area (Å²) in [5.74, 6) is 0.872. The largest absolute Gasteiger partial charge is 0.366 e. The molecular formula is C9H11BrN6. The minimum atomic E-state index is 0.211. The summed E-state index contributed by atoms with van der Waals surface area (Å²) in [6, 6.07) is 1.88. The number of anilines is 1. The summed E-state index contributed by atoms with van der Waals surface area (Å²) in [6.45, 7) is 2.10. The van der Waals surface area contributed by atoms with Crippen molar-refractivity contribution in [3.8, 4) is 5.82 Å². The molecule has 2 aromatic heterocycles. The summed E-state index contributed by atoms with van der Waals surface area (Å²) in [6.07, 6.45) is 3.47. The molecule has 0 atom stereocenters. The molecule has 2 heterocycles. The molecule has 16 heavy (non-hydrogen) atoms. The van der Waals surface area contributed by atoms with Gasteiger partial charge < -0.3 is 5.73 Å². The van der Waals surface area contributed by atoms with Crippen molar-refractivity contribution in [1.82, 2.24) is 24.7 Å². The van der Waals surface area contributed by atoms with E-state index in [0.29, 0.717) is 10.6 Å². The van der Waals surface area contributed by atoms with Crippen LogP contribution in [-0.2, 0) is 6.42 Å². The topological polar surface area (TPSA) is 82.5 Å². The van der Waals surface area contributed by atoms with Crippen LogP contribution in [0, 0.1) is 0 Å². The molecule has 2 N–H and O–H groups in total. The summed E-state index contributed by atoms with van der Waals surface area (Å²) < 4.78 is 2.07. The Hall–Kier alpha value is -1.50. The highest BCUT2D eigenvalue weighted by atomic mass is 79.9. The standard InChI is InChI=1S/C9H11BrN6/c1-2-3-6-4-7(13-5-12-6)16-8(10)14-9(11)15-16/h4-5H,2-3H2,1H3,(H2,11,15). The third-order valence-electron chi connectivity index (χ3n) is 2.02. The highest BCUT2D eigenvalue weighted by Gasteiger charge is 2.08. The lowest BCUT2D eigenvalue weighted by molar-refractivity contribution is 0.800. The van der Waals surface area contributed by atoms with Crippen LogP contribution in [0.25, 0.3) is 5.82 Å². The van der Waals surface area contributed by atoms with E-state index >= 15 is 0 Å². The van der Waals surface area contributed by atoms with Gasteiger partial charge in [0.05, 0.1) is 0 Å². The SMILES string of the molecule is CCCc1cc(-n2nc(N)nc2Br)ncn1. The Morgan fingerprint density at radius 2 is 2.25 bits per heavy atom. The van der Waals surface area contributed by atoms with Gasteiger partial charge in [-0.3, -0.25) is 0 Å². The maximum absolute atomic E-state index is 5.50. The van der Waals surface area contributed by atoms with Crippen LogP contribution >= 0.6 is 15.9 Å². The first-order valence-electron chi connectivity index (χ1n) is 4.90. The van der Waals surface area contributed by atoms with Crippen LogP contribution in [0.1, 0.15) is 19.0 Å². The van der Waals surface area contributed by atoms with Gasteiger partial charge in [-0.25, -0.2) is 9.97 Å². The number of nitrogens with two attached hydrogens (primary N) is 1. The van der Waals surface area contributed by atoms with Gasteiger partial charge in [0.2, 0.25) is 10.7 Å². The number of halogens is 1. The smallest absolute Gasteiger partial charge is 0.240 e.